The second-order valence-electron chi connectivity index (χ2n) is 6.03. The highest BCUT2D eigenvalue weighted by Gasteiger charge is 2.20. The van der Waals surface area contributed by atoms with Gasteiger partial charge in [-0.25, -0.2) is 10.8 Å². The van der Waals surface area contributed by atoms with Gasteiger partial charge < -0.3 is 10.1 Å². The number of rotatable bonds is 5. The first kappa shape index (κ1) is 19.7. The fourth-order valence-corrected chi connectivity index (χ4v) is 3.99. The third-order valence-corrected chi connectivity index (χ3v) is 5.71. The molecule has 0 fully saturated rings. The number of hydrazine groups is 1. The van der Waals surface area contributed by atoms with Crippen LogP contribution in [0.4, 0.5) is 10.8 Å². The van der Waals surface area contributed by atoms with Gasteiger partial charge in [0.1, 0.15) is 5.75 Å². The molecule has 0 aliphatic rings. The van der Waals surface area contributed by atoms with E-state index in [4.69, 9.17) is 33.8 Å². The molecular weight excluding hydrogens is 407 g/mol. The summed E-state index contributed by atoms with van der Waals surface area (Å²) in [5.41, 5.74) is 5.95. The Labute approximate surface area is 170 Å². The van der Waals surface area contributed by atoms with Crippen LogP contribution in [0.5, 0.6) is 5.75 Å². The summed E-state index contributed by atoms with van der Waals surface area (Å²) < 4.78 is 6.64. The Morgan fingerprint density at radius 3 is 2.70 bits per heavy atom. The lowest BCUT2D eigenvalue weighted by atomic mass is 10.1. The van der Waals surface area contributed by atoms with Crippen molar-refractivity contribution in [1.82, 2.24) is 4.98 Å². The molecule has 0 radical (unpaired) electrons. The summed E-state index contributed by atoms with van der Waals surface area (Å²) in [6.07, 6.45) is -0.749. The minimum absolute atomic E-state index is 0.284. The zero-order valence-corrected chi connectivity index (χ0v) is 17.2. The molecule has 0 unspecified atom stereocenters. The largest absolute Gasteiger partial charge is 0.479 e. The molecule has 6 nitrogen and oxygen atoms in total. The Bertz CT molecular complexity index is 1020. The van der Waals surface area contributed by atoms with Gasteiger partial charge in [0.2, 0.25) is 0 Å². The third-order valence-electron chi connectivity index (χ3n) is 4.06. The number of aromatic nitrogens is 1. The number of anilines is 2. The first-order valence-electron chi connectivity index (χ1n) is 8.10. The van der Waals surface area contributed by atoms with E-state index in [1.54, 1.807) is 25.1 Å². The topological polar surface area (TPSA) is 89.3 Å². The van der Waals surface area contributed by atoms with Crippen LogP contribution in [0.1, 0.15) is 18.1 Å². The molecule has 0 spiro atoms. The maximum absolute atomic E-state index is 12.6. The van der Waals surface area contributed by atoms with E-state index < -0.39 is 6.10 Å². The van der Waals surface area contributed by atoms with E-state index in [0.29, 0.717) is 20.9 Å². The van der Waals surface area contributed by atoms with Gasteiger partial charge >= 0.3 is 0 Å². The van der Waals surface area contributed by atoms with E-state index in [1.807, 2.05) is 19.9 Å². The standard InChI is InChI=1S/C18H18Cl2N4O2S/c1-8-6-13-16(27-18(22-13)24-21)9(2)15(8)23-17(25)10(3)26-14-5-4-11(19)7-12(14)20/h4-7,10H,21H2,1-3H3,(H,22,24)(H,23,25)/t10-/m1/s1. The number of benzene rings is 2. The van der Waals surface area contributed by atoms with E-state index in [-0.39, 0.29) is 5.91 Å². The number of halogens is 2. The van der Waals surface area contributed by atoms with E-state index >= 15 is 0 Å². The number of thiazole rings is 1. The van der Waals surface area contributed by atoms with Crippen molar-refractivity contribution in [2.24, 2.45) is 5.84 Å². The summed E-state index contributed by atoms with van der Waals surface area (Å²) in [4.78, 5) is 17.0. The molecule has 142 valence electrons. The summed E-state index contributed by atoms with van der Waals surface area (Å²) in [7, 11) is 0. The first-order valence-corrected chi connectivity index (χ1v) is 9.67. The molecule has 27 heavy (non-hydrogen) atoms. The lowest BCUT2D eigenvalue weighted by molar-refractivity contribution is -0.122. The van der Waals surface area contributed by atoms with Gasteiger partial charge in [0.25, 0.3) is 5.91 Å². The predicted octanol–water partition coefficient (Wildman–Crippen LogP) is 4.91. The van der Waals surface area contributed by atoms with E-state index in [9.17, 15) is 4.79 Å². The number of amides is 1. The van der Waals surface area contributed by atoms with Crippen LogP contribution < -0.4 is 21.3 Å². The number of aryl methyl sites for hydroxylation is 2. The number of nitrogens with two attached hydrogens (primary N) is 1. The molecule has 4 N–H and O–H groups in total. The van der Waals surface area contributed by atoms with Gasteiger partial charge in [0, 0.05) is 10.7 Å². The molecule has 0 bridgehead atoms. The molecule has 3 aromatic rings. The number of carbonyl (C=O) groups is 1. The second kappa shape index (κ2) is 7.90. The Balaban J connectivity index is 1.82. The Hall–Kier alpha value is -2.06. The molecule has 1 heterocycles. The van der Waals surface area contributed by atoms with Crippen LogP contribution >= 0.6 is 34.5 Å². The van der Waals surface area contributed by atoms with Gasteiger partial charge in [0.05, 0.1) is 15.2 Å². The smallest absolute Gasteiger partial charge is 0.265 e. The number of hydrogen-bond donors (Lipinski definition) is 3. The molecule has 9 heteroatoms. The van der Waals surface area contributed by atoms with Crippen LogP contribution in [0.3, 0.4) is 0 Å². The average Bonchev–Trinajstić information content (AvgIpc) is 3.04. The maximum Gasteiger partial charge on any atom is 0.265 e. The number of nitrogen functional groups attached to an aromatic ring is 1. The number of hydrogen-bond acceptors (Lipinski definition) is 6. The summed E-state index contributed by atoms with van der Waals surface area (Å²) in [6, 6.07) is 6.77. The molecular formula is C18H18Cl2N4O2S. The van der Waals surface area contributed by atoms with Crippen LogP contribution in [0.25, 0.3) is 10.2 Å². The molecule has 2 aromatic carbocycles. The minimum Gasteiger partial charge on any atom is -0.479 e. The van der Waals surface area contributed by atoms with E-state index in [2.05, 4.69) is 15.7 Å². The molecule has 0 aliphatic carbocycles. The SMILES string of the molecule is Cc1cc2nc(NN)sc2c(C)c1NC(=O)[C@@H](C)Oc1ccc(Cl)cc1Cl. The Kier molecular flexibility index (Phi) is 5.76. The van der Waals surface area contributed by atoms with Crippen molar-refractivity contribution >= 4 is 61.5 Å². The molecule has 1 atom stereocenters. The molecule has 1 amide bonds. The van der Waals surface area contributed by atoms with Crippen molar-refractivity contribution in [2.75, 3.05) is 10.7 Å². The highest BCUT2D eigenvalue weighted by molar-refractivity contribution is 7.22. The zero-order chi connectivity index (χ0) is 19.7. The number of fused-ring (bicyclic) bond motifs is 1. The highest BCUT2D eigenvalue weighted by Crippen LogP contribution is 2.35. The van der Waals surface area contributed by atoms with Crippen molar-refractivity contribution in [3.63, 3.8) is 0 Å². The van der Waals surface area contributed by atoms with Crippen molar-refractivity contribution in [2.45, 2.75) is 26.9 Å². The average molecular weight is 425 g/mol. The fourth-order valence-electron chi connectivity index (χ4n) is 2.68. The minimum atomic E-state index is -0.749. The van der Waals surface area contributed by atoms with Gasteiger partial charge in [-0.3, -0.25) is 10.2 Å². The molecule has 3 rings (SSSR count). The number of ether oxygens (including phenoxy) is 1. The van der Waals surface area contributed by atoms with Crippen molar-refractivity contribution in [3.8, 4) is 5.75 Å². The normalized spacial score (nSPS) is 12.1. The van der Waals surface area contributed by atoms with Gasteiger partial charge in [0.15, 0.2) is 11.2 Å². The second-order valence-corrected chi connectivity index (χ2v) is 7.87. The Morgan fingerprint density at radius 1 is 1.30 bits per heavy atom. The van der Waals surface area contributed by atoms with E-state index in [0.717, 1.165) is 27.0 Å². The first-order chi connectivity index (χ1) is 12.8. The van der Waals surface area contributed by atoms with Crippen LogP contribution in [0.2, 0.25) is 10.0 Å². The van der Waals surface area contributed by atoms with Crippen LogP contribution in [-0.2, 0) is 4.79 Å². The molecule has 0 saturated carbocycles. The van der Waals surface area contributed by atoms with Gasteiger partial charge in [-0.15, -0.1) is 0 Å². The summed E-state index contributed by atoms with van der Waals surface area (Å²) >= 11 is 13.4. The highest BCUT2D eigenvalue weighted by atomic mass is 35.5. The lowest BCUT2D eigenvalue weighted by Gasteiger charge is -2.18. The van der Waals surface area contributed by atoms with Crippen LogP contribution in [0.15, 0.2) is 24.3 Å². The van der Waals surface area contributed by atoms with Crippen molar-refractivity contribution in [3.05, 3.63) is 45.4 Å². The quantitative estimate of drug-likeness (QED) is 0.399. The number of nitrogens with zero attached hydrogens (tertiary/aromatic N) is 1. The monoisotopic (exact) mass is 424 g/mol. The third kappa shape index (κ3) is 4.11. The number of nitrogens with one attached hydrogen (secondary N) is 2. The van der Waals surface area contributed by atoms with E-state index in [1.165, 1.54) is 11.3 Å². The summed E-state index contributed by atoms with van der Waals surface area (Å²) in [6.45, 7) is 5.51. The van der Waals surface area contributed by atoms with Gasteiger partial charge in [-0.05, 0) is 56.2 Å². The van der Waals surface area contributed by atoms with Crippen LogP contribution in [-0.4, -0.2) is 17.0 Å². The fraction of sp³-hybridized carbons (Fsp3) is 0.222. The van der Waals surface area contributed by atoms with Gasteiger partial charge in [-0.2, -0.15) is 0 Å². The Morgan fingerprint density at radius 2 is 2.04 bits per heavy atom. The lowest BCUT2D eigenvalue weighted by Crippen LogP contribution is -2.30. The predicted molar refractivity (Wildman–Crippen MR) is 112 cm³/mol. The molecule has 0 saturated heterocycles. The molecule has 0 aliphatic heterocycles. The van der Waals surface area contributed by atoms with Gasteiger partial charge in [-0.1, -0.05) is 34.5 Å². The summed E-state index contributed by atoms with van der Waals surface area (Å²) in [5.74, 6) is 5.56. The maximum atomic E-state index is 12.6. The summed E-state index contributed by atoms with van der Waals surface area (Å²) in [5, 5.41) is 4.41. The molecule has 1 aromatic heterocycles. The zero-order valence-electron chi connectivity index (χ0n) is 14.9. The van der Waals surface area contributed by atoms with Crippen LogP contribution in [0, 0.1) is 13.8 Å². The van der Waals surface area contributed by atoms with Crippen molar-refractivity contribution in [1.29, 1.82) is 0 Å². The van der Waals surface area contributed by atoms with Crippen molar-refractivity contribution < 1.29 is 9.53 Å². The number of carbonyl (C=O) groups excluding carboxylic acids is 1.